The molecule has 0 amide bonds. The second-order valence-electron chi connectivity index (χ2n) is 4.34. The molecule has 0 bridgehead atoms. The third-order valence-electron chi connectivity index (χ3n) is 3.16. The minimum atomic E-state index is 0.0734. The lowest BCUT2D eigenvalue weighted by Crippen LogP contribution is -2.42. The minimum absolute atomic E-state index is 0.0734. The van der Waals surface area contributed by atoms with Gasteiger partial charge in [-0.1, -0.05) is 30.3 Å². The average molecular weight is 220 g/mol. The number of nitrogens with one attached hydrogen (secondary N) is 2. The number of hydrogen-bond acceptors (Lipinski definition) is 3. The molecular weight excluding hydrogens is 200 g/mol. The van der Waals surface area contributed by atoms with Crippen LogP contribution in [0.2, 0.25) is 0 Å². The van der Waals surface area contributed by atoms with Gasteiger partial charge in [0.15, 0.2) is 0 Å². The topological polar surface area (TPSA) is 44.3 Å². The molecular formula is C13H20N2O. The molecule has 0 aliphatic carbocycles. The van der Waals surface area contributed by atoms with Gasteiger partial charge in [-0.15, -0.1) is 0 Å². The maximum absolute atomic E-state index is 9.43. The van der Waals surface area contributed by atoms with E-state index in [4.69, 9.17) is 0 Å². The number of hydrogen-bond donors (Lipinski definition) is 3. The van der Waals surface area contributed by atoms with Gasteiger partial charge in [-0.2, -0.15) is 0 Å². The first kappa shape index (κ1) is 11.6. The predicted molar refractivity (Wildman–Crippen MR) is 65.3 cm³/mol. The molecule has 0 spiro atoms. The summed E-state index contributed by atoms with van der Waals surface area (Å²) in [5, 5.41) is 16.3. The Bertz CT molecular complexity index is 296. The number of aliphatic hydroxyl groups is 1. The zero-order valence-electron chi connectivity index (χ0n) is 9.52. The first-order chi connectivity index (χ1) is 7.90. The number of rotatable bonds is 4. The molecule has 1 aromatic carbocycles. The summed E-state index contributed by atoms with van der Waals surface area (Å²) in [7, 11) is 0. The van der Waals surface area contributed by atoms with Crippen LogP contribution in [0.25, 0.3) is 0 Å². The van der Waals surface area contributed by atoms with Gasteiger partial charge in [0, 0.05) is 6.04 Å². The van der Waals surface area contributed by atoms with Crippen molar-refractivity contribution in [2.24, 2.45) is 0 Å². The second-order valence-corrected chi connectivity index (χ2v) is 4.34. The second kappa shape index (κ2) is 5.99. The van der Waals surface area contributed by atoms with Crippen molar-refractivity contribution in [2.45, 2.75) is 24.9 Å². The molecule has 3 nitrogen and oxygen atoms in total. The van der Waals surface area contributed by atoms with Gasteiger partial charge in [0.2, 0.25) is 0 Å². The molecule has 1 aromatic rings. The van der Waals surface area contributed by atoms with E-state index in [1.165, 1.54) is 5.56 Å². The van der Waals surface area contributed by atoms with Gasteiger partial charge in [0.05, 0.1) is 12.6 Å². The largest absolute Gasteiger partial charge is 0.394 e. The molecule has 1 atom stereocenters. The van der Waals surface area contributed by atoms with E-state index in [2.05, 4.69) is 22.8 Å². The molecule has 16 heavy (non-hydrogen) atoms. The zero-order chi connectivity index (χ0) is 11.2. The Hall–Kier alpha value is -0.900. The number of piperidine rings is 1. The highest BCUT2D eigenvalue weighted by molar-refractivity contribution is 5.19. The molecule has 0 aromatic heterocycles. The Kier molecular flexibility index (Phi) is 4.34. The van der Waals surface area contributed by atoms with E-state index in [9.17, 15) is 5.11 Å². The van der Waals surface area contributed by atoms with Gasteiger partial charge in [-0.25, -0.2) is 0 Å². The predicted octanol–water partition coefficient (Wildman–Crippen LogP) is 1.06. The van der Waals surface area contributed by atoms with Crippen LogP contribution in [0, 0.1) is 0 Å². The molecule has 1 aliphatic rings. The highest BCUT2D eigenvalue weighted by Crippen LogP contribution is 2.15. The fraction of sp³-hybridized carbons (Fsp3) is 0.538. The average Bonchev–Trinajstić information content (AvgIpc) is 2.38. The summed E-state index contributed by atoms with van der Waals surface area (Å²) in [6, 6.07) is 10.8. The van der Waals surface area contributed by atoms with E-state index in [1.54, 1.807) is 0 Å². The number of aliphatic hydroxyl groups excluding tert-OH is 1. The minimum Gasteiger partial charge on any atom is -0.394 e. The van der Waals surface area contributed by atoms with Crippen LogP contribution in [-0.2, 0) is 0 Å². The molecule has 88 valence electrons. The van der Waals surface area contributed by atoms with Crippen LogP contribution in [0.3, 0.4) is 0 Å². The van der Waals surface area contributed by atoms with Crippen molar-refractivity contribution in [1.82, 2.24) is 10.6 Å². The number of benzene rings is 1. The maximum atomic E-state index is 9.43. The lowest BCUT2D eigenvalue weighted by molar-refractivity contribution is 0.222. The van der Waals surface area contributed by atoms with Crippen LogP contribution in [0.5, 0.6) is 0 Å². The molecule has 0 saturated carbocycles. The first-order valence-electron chi connectivity index (χ1n) is 6.02. The highest BCUT2D eigenvalue weighted by atomic mass is 16.3. The van der Waals surface area contributed by atoms with Crippen molar-refractivity contribution in [3.63, 3.8) is 0 Å². The van der Waals surface area contributed by atoms with Crippen molar-refractivity contribution in [3.05, 3.63) is 35.9 Å². The highest BCUT2D eigenvalue weighted by Gasteiger charge is 2.17. The third kappa shape index (κ3) is 3.04. The molecule has 2 rings (SSSR count). The Morgan fingerprint density at radius 2 is 1.94 bits per heavy atom. The molecule has 1 fully saturated rings. The normalized spacial score (nSPS) is 19.6. The summed E-state index contributed by atoms with van der Waals surface area (Å²) in [6.07, 6.45) is 2.28. The zero-order valence-corrected chi connectivity index (χ0v) is 9.52. The van der Waals surface area contributed by atoms with Gasteiger partial charge in [0.25, 0.3) is 0 Å². The Labute approximate surface area is 96.9 Å². The van der Waals surface area contributed by atoms with Crippen LogP contribution in [-0.4, -0.2) is 30.8 Å². The fourth-order valence-electron chi connectivity index (χ4n) is 2.21. The standard InChI is InChI=1S/C13H20N2O/c16-10-13(11-4-2-1-3-5-11)15-12-6-8-14-9-7-12/h1-5,12-16H,6-10H2. The Morgan fingerprint density at radius 3 is 2.56 bits per heavy atom. The van der Waals surface area contributed by atoms with Crippen molar-refractivity contribution in [2.75, 3.05) is 19.7 Å². The summed E-state index contributed by atoms with van der Waals surface area (Å²) >= 11 is 0. The fourth-order valence-corrected chi connectivity index (χ4v) is 2.21. The molecule has 1 heterocycles. The van der Waals surface area contributed by atoms with Crippen LogP contribution >= 0.6 is 0 Å². The summed E-state index contributed by atoms with van der Waals surface area (Å²) in [5.74, 6) is 0. The lowest BCUT2D eigenvalue weighted by Gasteiger charge is -2.28. The molecule has 1 aliphatic heterocycles. The SMILES string of the molecule is OCC(NC1CCNCC1)c1ccccc1. The van der Waals surface area contributed by atoms with E-state index in [0.29, 0.717) is 6.04 Å². The van der Waals surface area contributed by atoms with Crippen LogP contribution in [0.15, 0.2) is 30.3 Å². The first-order valence-corrected chi connectivity index (χ1v) is 6.02. The van der Waals surface area contributed by atoms with Crippen LogP contribution in [0.4, 0.5) is 0 Å². The van der Waals surface area contributed by atoms with Crippen molar-refractivity contribution >= 4 is 0 Å². The monoisotopic (exact) mass is 220 g/mol. The summed E-state index contributed by atoms with van der Waals surface area (Å²) in [5.41, 5.74) is 1.17. The molecule has 3 heteroatoms. The molecule has 1 unspecified atom stereocenters. The lowest BCUT2D eigenvalue weighted by atomic mass is 10.0. The summed E-state index contributed by atoms with van der Waals surface area (Å²) in [4.78, 5) is 0. The Morgan fingerprint density at radius 1 is 1.25 bits per heavy atom. The van der Waals surface area contributed by atoms with Gasteiger partial charge < -0.3 is 15.7 Å². The van der Waals surface area contributed by atoms with E-state index < -0.39 is 0 Å². The Balaban J connectivity index is 1.94. The molecule has 3 N–H and O–H groups in total. The van der Waals surface area contributed by atoms with Crippen LogP contribution < -0.4 is 10.6 Å². The van der Waals surface area contributed by atoms with Crippen molar-refractivity contribution in [1.29, 1.82) is 0 Å². The van der Waals surface area contributed by atoms with E-state index in [0.717, 1.165) is 25.9 Å². The summed E-state index contributed by atoms with van der Waals surface area (Å²) < 4.78 is 0. The van der Waals surface area contributed by atoms with Gasteiger partial charge in [-0.05, 0) is 31.5 Å². The maximum Gasteiger partial charge on any atom is 0.0626 e. The van der Waals surface area contributed by atoms with Gasteiger partial charge in [-0.3, -0.25) is 0 Å². The third-order valence-corrected chi connectivity index (χ3v) is 3.16. The molecule has 0 radical (unpaired) electrons. The van der Waals surface area contributed by atoms with Crippen molar-refractivity contribution in [3.8, 4) is 0 Å². The van der Waals surface area contributed by atoms with Gasteiger partial charge >= 0.3 is 0 Å². The van der Waals surface area contributed by atoms with E-state index in [1.807, 2.05) is 18.2 Å². The van der Waals surface area contributed by atoms with Crippen molar-refractivity contribution < 1.29 is 5.11 Å². The van der Waals surface area contributed by atoms with Gasteiger partial charge in [0.1, 0.15) is 0 Å². The smallest absolute Gasteiger partial charge is 0.0626 e. The molecule has 1 saturated heterocycles. The quantitative estimate of drug-likeness (QED) is 0.711. The van der Waals surface area contributed by atoms with E-state index >= 15 is 0 Å². The summed E-state index contributed by atoms with van der Waals surface area (Å²) in [6.45, 7) is 2.31. The van der Waals surface area contributed by atoms with Crippen LogP contribution in [0.1, 0.15) is 24.4 Å². The van der Waals surface area contributed by atoms with E-state index in [-0.39, 0.29) is 12.6 Å².